The Bertz CT molecular complexity index is 797. The number of ether oxygens (including phenoxy) is 1. The van der Waals surface area contributed by atoms with Crippen LogP contribution in [0.5, 0.6) is 5.75 Å². The van der Waals surface area contributed by atoms with Crippen molar-refractivity contribution in [1.29, 1.82) is 0 Å². The molecule has 0 saturated heterocycles. The van der Waals surface area contributed by atoms with E-state index < -0.39 is 0 Å². The Morgan fingerprint density at radius 3 is 2.04 bits per heavy atom. The fourth-order valence-corrected chi connectivity index (χ4v) is 2.75. The van der Waals surface area contributed by atoms with Gasteiger partial charge in [0.25, 0.3) is 5.91 Å². The predicted octanol–water partition coefficient (Wildman–Crippen LogP) is 4.75. The van der Waals surface area contributed by atoms with Crippen LogP contribution in [-0.4, -0.2) is 17.4 Å². The maximum Gasteiger partial charge on any atom is 0.261 e. The number of halogens is 1. The molecule has 1 amide bonds. The minimum absolute atomic E-state index is 0.0814. The molecule has 0 aliphatic heterocycles. The molecule has 0 unspecified atom stereocenters. The van der Waals surface area contributed by atoms with Crippen molar-refractivity contribution in [3.05, 3.63) is 76.6 Å². The molecule has 136 valence electrons. The molecule has 0 radical (unpaired) electrons. The van der Waals surface area contributed by atoms with Gasteiger partial charge in [-0.25, -0.2) is 0 Å². The number of hydrogen-bond donors (Lipinski definition) is 0. The van der Waals surface area contributed by atoms with Crippen molar-refractivity contribution in [3.63, 3.8) is 0 Å². The summed E-state index contributed by atoms with van der Waals surface area (Å²) in [4.78, 5) is 14.3. The molecular weight excluding hydrogens is 354 g/mol. The normalized spacial score (nSPS) is 10.7. The molecule has 0 N–H and O–H groups in total. The van der Waals surface area contributed by atoms with Crippen LogP contribution < -0.4 is 4.74 Å². The second-order valence-electron chi connectivity index (χ2n) is 6.07. The fraction of sp³-hybridized carbons (Fsp3) is 0.250. The van der Waals surface area contributed by atoms with Crippen molar-refractivity contribution in [2.45, 2.75) is 26.9 Å². The van der Waals surface area contributed by atoms with Gasteiger partial charge in [-0.2, -0.15) is 0 Å². The molecule has 0 aliphatic carbocycles. The molecule has 0 spiro atoms. The van der Waals surface area contributed by atoms with E-state index in [-0.39, 0.29) is 12.5 Å². The van der Waals surface area contributed by atoms with E-state index in [0.29, 0.717) is 35.4 Å². The van der Waals surface area contributed by atoms with Gasteiger partial charge in [-0.1, -0.05) is 11.6 Å². The molecule has 1 aromatic carbocycles. The molecule has 26 heavy (non-hydrogen) atoms. The van der Waals surface area contributed by atoms with Crippen molar-refractivity contribution in [1.82, 2.24) is 4.90 Å². The van der Waals surface area contributed by atoms with Gasteiger partial charge >= 0.3 is 0 Å². The molecule has 0 fully saturated rings. The van der Waals surface area contributed by atoms with Gasteiger partial charge in [0.1, 0.15) is 17.3 Å². The zero-order chi connectivity index (χ0) is 18.5. The van der Waals surface area contributed by atoms with Gasteiger partial charge in [0.2, 0.25) is 0 Å². The van der Waals surface area contributed by atoms with Gasteiger partial charge in [0.05, 0.1) is 25.6 Å². The van der Waals surface area contributed by atoms with Crippen LogP contribution in [0.1, 0.15) is 22.6 Å². The second-order valence-corrected chi connectivity index (χ2v) is 6.45. The number of hydrogen-bond acceptors (Lipinski definition) is 4. The minimum atomic E-state index is -0.164. The molecule has 3 aromatic rings. The van der Waals surface area contributed by atoms with Crippen LogP contribution in [0.3, 0.4) is 0 Å². The van der Waals surface area contributed by atoms with Crippen molar-refractivity contribution in [3.8, 4) is 5.75 Å². The average Bonchev–Trinajstić information content (AvgIpc) is 3.30. The van der Waals surface area contributed by atoms with Crippen molar-refractivity contribution >= 4 is 17.5 Å². The van der Waals surface area contributed by atoms with Gasteiger partial charge < -0.3 is 18.5 Å². The quantitative estimate of drug-likeness (QED) is 0.599. The van der Waals surface area contributed by atoms with E-state index in [1.54, 1.807) is 29.6 Å². The Hall–Kier alpha value is -2.66. The van der Waals surface area contributed by atoms with Crippen LogP contribution in [0.15, 0.2) is 57.8 Å². The van der Waals surface area contributed by atoms with Gasteiger partial charge in [-0.05, 0) is 61.4 Å². The molecule has 6 heteroatoms. The SMILES string of the molecule is Cc1cc(OCC(=O)N(Cc2ccco2)Cc2ccco2)cc(C)c1Cl. The summed E-state index contributed by atoms with van der Waals surface area (Å²) < 4.78 is 16.4. The number of carbonyl (C=O) groups is 1. The molecule has 3 rings (SSSR count). The third-order valence-electron chi connectivity index (χ3n) is 3.98. The van der Waals surface area contributed by atoms with Crippen LogP contribution in [0.2, 0.25) is 5.02 Å². The zero-order valence-electron chi connectivity index (χ0n) is 14.7. The number of rotatable bonds is 7. The number of carbonyl (C=O) groups excluding carboxylic acids is 1. The van der Waals surface area contributed by atoms with E-state index in [1.165, 1.54) is 0 Å². The molecule has 0 bridgehead atoms. The van der Waals surface area contributed by atoms with Gasteiger partial charge in [-0.15, -0.1) is 0 Å². The average molecular weight is 374 g/mol. The lowest BCUT2D eigenvalue weighted by molar-refractivity contribution is -0.135. The fourth-order valence-electron chi connectivity index (χ4n) is 2.64. The van der Waals surface area contributed by atoms with Crippen LogP contribution in [0.4, 0.5) is 0 Å². The summed E-state index contributed by atoms with van der Waals surface area (Å²) >= 11 is 6.17. The number of furan rings is 2. The molecule has 2 heterocycles. The maximum absolute atomic E-state index is 12.7. The standard InChI is InChI=1S/C20H20ClNO4/c1-14-9-18(10-15(2)20(14)21)26-13-19(23)22(11-16-5-3-7-24-16)12-17-6-4-8-25-17/h3-10H,11-13H2,1-2H3. The van der Waals surface area contributed by atoms with Crippen molar-refractivity contribution in [2.24, 2.45) is 0 Å². The highest BCUT2D eigenvalue weighted by Gasteiger charge is 2.18. The summed E-state index contributed by atoms with van der Waals surface area (Å²) in [5.41, 5.74) is 1.83. The first-order valence-electron chi connectivity index (χ1n) is 8.25. The number of aryl methyl sites for hydroxylation is 2. The van der Waals surface area contributed by atoms with Gasteiger partial charge in [0, 0.05) is 5.02 Å². The monoisotopic (exact) mass is 373 g/mol. The Kier molecular flexibility index (Phi) is 5.68. The Labute approximate surface area is 157 Å². The third kappa shape index (κ3) is 4.49. The molecule has 2 aromatic heterocycles. The Balaban J connectivity index is 1.68. The molecule has 0 aliphatic rings. The Morgan fingerprint density at radius 2 is 1.58 bits per heavy atom. The van der Waals surface area contributed by atoms with E-state index in [0.717, 1.165) is 11.1 Å². The van der Waals surface area contributed by atoms with E-state index in [2.05, 4.69) is 0 Å². The van der Waals surface area contributed by atoms with Crippen LogP contribution >= 0.6 is 11.6 Å². The number of nitrogens with zero attached hydrogens (tertiary/aromatic N) is 1. The smallest absolute Gasteiger partial charge is 0.261 e. The van der Waals surface area contributed by atoms with E-state index in [1.807, 2.05) is 38.1 Å². The van der Waals surface area contributed by atoms with E-state index in [9.17, 15) is 4.79 Å². The summed E-state index contributed by atoms with van der Waals surface area (Å²) in [5.74, 6) is 1.85. The molecule has 0 saturated carbocycles. The number of amides is 1. The summed E-state index contributed by atoms with van der Waals surface area (Å²) in [6, 6.07) is 10.9. The maximum atomic E-state index is 12.7. The summed E-state index contributed by atoms with van der Waals surface area (Å²) in [6.07, 6.45) is 3.17. The highest BCUT2D eigenvalue weighted by Crippen LogP contribution is 2.26. The first-order chi connectivity index (χ1) is 12.5. The molecule has 0 atom stereocenters. The lowest BCUT2D eigenvalue weighted by Gasteiger charge is -2.21. The van der Waals surface area contributed by atoms with Gasteiger partial charge in [-0.3, -0.25) is 4.79 Å². The topological polar surface area (TPSA) is 55.8 Å². The summed E-state index contributed by atoms with van der Waals surface area (Å²) in [7, 11) is 0. The van der Waals surface area contributed by atoms with Crippen LogP contribution in [-0.2, 0) is 17.9 Å². The highest BCUT2D eigenvalue weighted by molar-refractivity contribution is 6.32. The van der Waals surface area contributed by atoms with E-state index >= 15 is 0 Å². The first-order valence-corrected chi connectivity index (χ1v) is 8.63. The Morgan fingerprint density at radius 1 is 1.04 bits per heavy atom. The molecule has 5 nitrogen and oxygen atoms in total. The van der Waals surface area contributed by atoms with E-state index in [4.69, 9.17) is 25.2 Å². The highest BCUT2D eigenvalue weighted by atomic mass is 35.5. The van der Waals surface area contributed by atoms with Crippen LogP contribution in [0, 0.1) is 13.8 Å². The van der Waals surface area contributed by atoms with Crippen molar-refractivity contribution in [2.75, 3.05) is 6.61 Å². The second kappa shape index (κ2) is 8.15. The minimum Gasteiger partial charge on any atom is -0.484 e. The predicted molar refractivity (Wildman–Crippen MR) is 98.1 cm³/mol. The summed E-state index contributed by atoms with van der Waals surface area (Å²) in [5, 5.41) is 0.709. The lowest BCUT2D eigenvalue weighted by atomic mass is 10.1. The lowest BCUT2D eigenvalue weighted by Crippen LogP contribution is -2.33. The van der Waals surface area contributed by atoms with Crippen LogP contribution in [0.25, 0.3) is 0 Å². The summed E-state index contributed by atoms with van der Waals surface area (Å²) in [6.45, 7) is 4.42. The number of benzene rings is 1. The van der Waals surface area contributed by atoms with Gasteiger partial charge in [0.15, 0.2) is 6.61 Å². The van der Waals surface area contributed by atoms with Crippen molar-refractivity contribution < 1.29 is 18.4 Å². The zero-order valence-corrected chi connectivity index (χ0v) is 15.5. The third-order valence-corrected chi connectivity index (χ3v) is 4.57. The largest absolute Gasteiger partial charge is 0.484 e. The first kappa shape index (κ1) is 18.1. The molecular formula is C20H20ClNO4.